The van der Waals surface area contributed by atoms with Gasteiger partial charge in [-0.05, 0) is 12.1 Å². The topological polar surface area (TPSA) is 68.0 Å². The number of carboxylic acids is 1. The molecular weight excluding hydrogens is 182 g/mol. The number of aromatic carboxylic acids is 1. The Hall–Kier alpha value is -2.17. The highest BCUT2D eigenvalue weighted by atomic mass is 16.4. The van der Waals surface area contributed by atoms with Crippen molar-refractivity contribution in [2.75, 3.05) is 0 Å². The van der Waals surface area contributed by atoms with Gasteiger partial charge in [0.2, 0.25) is 0 Å². The van der Waals surface area contributed by atoms with Crippen molar-refractivity contribution >= 4 is 5.97 Å². The maximum absolute atomic E-state index is 10.8. The third-order valence-corrected chi connectivity index (χ3v) is 1.77. The van der Waals surface area contributed by atoms with Crippen molar-refractivity contribution in [3.8, 4) is 5.82 Å². The van der Waals surface area contributed by atoms with Crippen LogP contribution in [0.1, 0.15) is 10.4 Å². The zero-order valence-corrected chi connectivity index (χ0v) is 7.16. The van der Waals surface area contributed by atoms with Crippen LogP contribution >= 0.6 is 0 Å². The maximum Gasteiger partial charge on any atom is 0.339 e. The Kier molecular flexibility index (Phi) is 1.98. The normalized spacial score (nSPS) is 10.0. The molecule has 0 radical (unpaired) electrons. The van der Waals surface area contributed by atoms with Gasteiger partial charge in [-0.25, -0.2) is 14.8 Å². The lowest BCUT2D eigenvalue weighted by molar-refractivity contribution is 0.0696. The summed E-state index contributed by atoms with van der Waals surface area (Å²) in [4.78, 5) is 18.7. The van der Waals surface area contributed by atoms with Gasteiger partial charge < -0.3 is 5.11 Å². The quantitative estimate of drug-likeness (QED) is 0.764. The third kappa shape index (κ3) is 1.35. The summed E-state index contributed by atoms with van der Waals surface area (Å²) in [5.74, 6) is -0.626. The number of nitrogens with zero attached hydrogens (tertiary/aromatic N) is 3. The van der Waals surface area contributed by atoms with Gasteiger partial charge in [0.25, 0.3) is 0 Å². The summed E-state index contributed by atoms with van der Waals surface area (Å²) in [6.45, 7) is 0. The number of carbonyl (C=O) groups is 1. The van der Waals surface area contributed by atoms with E-state index >= 15 is 0 Å². The van der Waals surface area contributed by atoms with Gasteiger partial charge in [0.05, 0.1) is 0 Å². The molecule has 70 valence electrons. The van der Waals surface area contributed by atoms with E-state index in [9.17, 15) is 4.79 Å². The molecule has 0 aliphatic carbocycles. The Morgan fingerprint density at radius 1 is 1.43 bits per heavy atom. The predicted octanol–water partition coefficient (Wildman–Crippen LogP) is 0.965. The monoisotopic (exact) mass is 189 g/mol. The molecule has 2 heterocycles. The van der Waals surface area contributed by atoms with E-state index in [-0.39, 0.29) is 5.56 Å². The summed E-state index contributed by atoms with van der Waals surface area (Å²) in [7, 11) is 0. The first-order chi connectivity index (χ1) is 6.79. The summed E-state index contributed by atoms with van der Waals surface area (Å²) in [6.07, 6.45) is 6.27. The molecule has 0 spiro atoms. The highest BCUT2D eigenvalue weighted by molar-refractivity contribution is 5.90. The van der Waals surface area contributed by atoms with Crippen LogP contribution in [-0.2, 0) is 0 Å². The molecular formula is C9H7N3O2. The smallest absolute Gasteiger partial charge is 0.339 e. The number of hydrogen-bond donors (Lipinski definition) is 1. The highest BCUT2D eigenvalue weighted by Crippen LogP contribution is 2.10. The van der Waals surface area contributed by atoms with Gasteiger partial charge >= 0.3 is 5.97 Å². The van der Waals surface area contributed by atoms with E-state index in [2.05, 4.69) is 9.97 Å². The average molecular weight is 189 g/mol. The Labute approximate surface area is 79.7 Å². The predicted molar refractivity (Wildman–Crippen MR) is 48.3 cm³/mol. The molecule has 0 aliphatic heterocycles. The minimum absolute atomic E-state index is 0.158. The van der Waals surface area contributed by atoms with Crippen LogP contribution in [0.3, 0.4) is 0 Å². The van der Waals surface area contributed by atoms with Crippen molar-refractivity contribution in [3.63, 3.8) is 0 Å². The summed E-state index contributed by atoms with van der Waals surface area (Å²) >= 11 is 0. The molecule has 0 aromatic carbocycles. The molecule has 2 aromatic heterocycles. The molecule has 2 aromatic rings. The number of rotatable bonds is 2. The fraction of sp³-hybridized carbons (Fsp3) is 0. The van der Waals surface area contributed by atoms with Gasteiger partial charge in [-0.3, -0.25) is 4.57 Å². The van der Waals surface area contributed by atoms with Crippen LogP contribution in [0.25, 0.3) is 5.82 Å². The first-order valence-corrected chi connectivity index (χ1v) is 3.95. The van der Waals surface area contributed by atoms with Gasteiger partial charge in [-0.15, -0.1) is 0 Å². The fourth-order valence-corrected chi connectivity index (χ4v) is 1.15. The summed E-state index contributed by atoms with van der Waals surface area (Å²) in [6, 6.07) is 3.09. The van der Waals surface area contributed by atoms with Gasteiger partial charge in [-0.1, -0.05) is 0 Å². The number of imidazole rings is 1. The van der Waals surface area contributed by atoms with Crippen LogP contribution in [0.2, 0.25) is 0 Å². The second kappa shape index (κ2) is 3.29. The van der Waals surface area contributed by atoms with E-state index < -0.39 is 5.97 Å². The summed E-state index contributed by atoms with van der Waals surface area (Å²) in [5, 5.41) is 8.89. The first-order valence-electron chi connectivity index (χ1n) is 3.95. The lowest BCUT2D eigenvalue weighted by Gasteiger charge is -2.03. The average Bonchev–Trinajstić information content (AvgIpc) is 2.70. The van der Waals surface area contributed by atoms with Crippen molar-refractivity contribution in [1.29, 1.82) is 0 Å². The molecule has 5 nitrogen and oxygen atoms in total. The van der Waals surface area contributed by atoms with Gasteiger partial charge in [0.15, 0.2) is 5.82 Å². The summed E-state index contributed by atoms with van der Waals surface area (Å²) < 4.78 is 1.56. The van der Waals surface area contributed by atoms with E-state index in [0.717, 1.165) is 0 Å². The van der Waals surface area contributed by atoms with Crippen molar-refractivity contribution in [2.24, 2.45) is 0 Å². The van der Waals surface area contributed by atoms with Gasteiger partial charge in [-0.2, -0.15) is 0 Å². The van der Waals surface area contributed by atoms with Gasteiger partial charge in [0, 0.05) is 18.6 Å². The number of carboxylic acid groups (broad SMARTS) is 1. The molecule has 0 atom stereocenters. The standard InChI is InChI=1S/C9H7N3O2/c13-9(14)7-2-1-3-11-8(7)12-5-4-10-6-12/h1-6H,(H,13,14). The van der Waals surface area contributed by atoms with Crippen molar-refractivity contribution in [3.05, 3.63) is 42.6 Å². The van der Waals surface area contributed by atoms with Crippen LogP contribution in [-0.4, -0.2) is 25.6 Å². The van der Waals surface area contributed by atoms with E-state index in [4.69, 9.17) is 5.11 Å². The molecule has 0 amide bonds. The van der Waals surface area contributed by atoms with Gasteiger partial charge in [0.1, 0.15) is 11.9 Å². The van der Waals surface area contributed by atoms with Crippen molar-refractivity contribution in [1.82, 2.24) is 14.5 Å². The second-order valence-electron chi connectivity index (χ2n) is 2.65. The molecule has 5 heteroatoms. The van der Waals surface area contributed by atoms with Crippen LogP contribution in [0.15, 0.2) is 37.1 Å². The Balaban J connectivity index is 2.58. The molecule has 0 aliphatic rings. The molecule has 14 heavy (non-hydrogen) atoms. The largest absolute Gasteiger partial charge is 0.478 e. The lowest BCUT2D eigenvalue weighted by atomic mass is 10.2. The van der Waals surface area contributed by atoms with E-state index in [1.54, 1.807) is 29.2 Å². The molecule has 0 unspecified atom stereocenters. The number of aromatic nitrogens is 3. The van der Waals surface area contributed by atoms with E-state index in [1.807, 2.05) is 0 Å². The molecule has 0 saturated heterocycles. The third-order valence-electron chi connectivity index (χ3n) is 1.77. The molecule has 2 rings (SSSR count). The minimum atomic E-state index is -0.998. The first kappa shape index (κ1) is 8.43. The van der Waals surface area contributed by atoms with Crippen molar-refractivity contribution < 1.29 is 9.90 Å². The molecule has 0 saturated carbocycles. The number of hydrogen-bond acceptors (Lipinski definition) is 3. The van der Waals surface area contributed by atoms with Crippen LogP contribution in [0.4, 0.5) is 0 Å². The molecule has 0 bridgehead atoms. The maximum atomic E-state index is 10.8. The second-order valence-corrected chi connectivity index (χ2v) is 2.65. The van der Waals surface area contributed by atoms with Crippen LogP contribution < -0.4 is 0 Å². The van der Waals surface area contributed by atoms with Crippen LogP contribution in [0.5, 0.6) is 0 Å². The Morgan fingerprint density at radius 2 is 2.29 bits per heavy atom. The molecule has 1 N–H and O–H groups in total. The SMILES string of the molecule is O=C(O)c1cccnc1-n1ccnc1. The highest BCUT2D eigenvalue weighted by Gasteiger charge is 2.10. The Morgan fingerprint density at radius 3 is 2.93 bits per heavy atom. The zero-order chi connectivity index (χ0) is 9.97. The Bertz CT molecular complexity index is 451. The van der Waals surface area contributed by atoms with Crippen molar-refractivity contribution in [2.45, 2.75) is 0 Å². The fourth-order valence-electron chi connectivity index (χ4n) is 1.15. The zero-order valence-electron chi connectivity index (χ0n) is 7.16. The van der Waals surface area contributed by atoms with E-state index in [1.165, 1.54) is 12.4 Å². The summed E-state index contributed by atoms with van der Waals surface area (Å²) in [5.41, 5.74) is 0.158. The van der Waals surface area contributed by atoms with E-state index in [0.29, 0.717) is 5.82 Å². The lowest BCUT2D eigenvalue weighted by Crippen LogP contribution is -2.05. The minimum Gasteiger partial charge on any atom is -0.478 e. The van der Waals surface area contributed by atoms with Crippen LogP contribution in [0, 0.1) is 0 Å². The molecule has 0 fully saturated rings. The number of pyridine rings is 1.